The summed E-state index contributed by atoms with van der Waals surface area (Å²) in [6.07, 6.45) is 0.0712. The quantitative estimate of drug-likeness (QED) is 0.854. The second-order valence-electron chi connectivity index (χ2n) is 5.53. The SMILES string of the molecule is O=C(O)N1CC[C@H](c2cc(=O)[nH]o2)C[C@@H]1c1cc(Cl)cc(Cl)c1. The minimum Gasteiger partial charge on any atom is -0.465 e. The Morgan fingerprint density at radius 2 is 1.96 bits per heavy atom. The molecule has 1 amide bonds. The van der Waals surface area contributed by atoms with Crippen LogP contribution in [-0.2, 0) is 0 Å². The zero-order chi connectivity index (χ0) is 16.6. The van der Waals surface area contributed by atoms with Gasteiger partial charge in [0.2, 0.25) is 0 Å². The highest BCUT2D eigenvalue weighted by Crippen LogP contribution is 2.40. The van der Waals surface area contributed by atoms with Crippen molar-refractivity contribution in [3.8, 4) is 0 Å². The second-order valence-corrected chi connectivity index (χ2v) is 6.40. The summed E-state index contributed by atoms with van der Waals surface area (Å²) in [4.78, 5) is 24.2. The summed E-state index contributed by atoms with van der Waals surface area (Å²) in [5, 5.41) is 12.6. The number of carboxylic acid groups (broad SMARTS) is 1. The van der Waals surface area contributed by atoms with Crippen LogP contribution in [0.25, 0.3) is 0 Å². The van der Waals surface area contributed by atoms with Gasteiger partial charge in [-0.05, 0) is 36.6 Å². The molecule has 0 radical (unpaired) electrons. The number of nitrogens with one attached hydrogen (secondary N) is 1. The number of piperidine rings is 1. The second kappa shape index (κ2) is 6.29. The maximum atomic E-state index is 11.5. The Balaban J connectivity index is 1.94. The number of hydrogen-bond acceptors (Lipinski definition) is 3. The van der Waals surface area contributed by atoms with Gasteiger partial charge in [0.25, 0.3) is 5.56 Å². The molecule has 122 valence electrons. The largest absolute Gasteiger partial charge is 0.465 e. The molecule has 3 rings (SSSR count). The third-order valence-electron chi connectivity index (χ3n) is 4.06. The average Bonchev–Trinajstić information content (AvgIpc) is 2.92. The smallest absolute Gasteiger partial charge is 0.407 e. The molecule has 2 heterocycles. The van der Waals surface area contributed by atoms with E-state index in [9.17, 15) is 14.7 Å². The van der Waals surface area contributed by atoms with Crippen LogP contribution < -0.4 is 5.56 Å². The predicted molar refractivity (Wildman–Crippen MR) is 85.2 cm³/mol. The van der Waals surface area contributed by atoms with E-state index in [4.69, 9.17) is 27.7 Å². The number of hydrogen-bond donors (Lipinski definition) is 2. The number of aromatic amines is 1. The highest BCUT2D eigenvalue weighted by Gasteiger charge is 2.35. The van der Waals surface area contributed by atoms with Gasteiger partial charge in [0.05, 0.1) is 6.04 Å². The van der Waals surface area contributed by atoms with Gasteiger partial charge >= 0.3 is 6.09 Å². The van der Waals surface area contributed by atoms with Crippen molar-refractivity contribution < 1.29 is 14.4 Å². The lowest BCUT2D eigenvalue weighted by Crippen LogP contribution is -2.39. The summed E-state index contributed by atoms with van der Waals surface area (Å²) in [7, 11) is 0. The number of H-pyrrole nitrogens is 1. The fraction of sp³-hybridized carbons (Fsp3) is 0.333. The summed E-state index contributed by atoms with van der Waals surface area (Å²) in [5.41, 5.74) is 0.426. The van der Waals surface area contributed by atoms with E-state index < -0.39 is 12.1 Å². The topological polar surface area (TPSA) is 86.5 Å². The molecule has 2 aromatic rings. The van der Waals surface area contributed by atoms with Crippen molar-refractivity contribution in [2.45, 2.75) is 24.8 Å². The fourth-order valence-electron chi connectivity index (χ4n) is 3.03. The van der Waals surface area contributed by atoms with Crippen LogP contribution in [0.2, 0.25) is 10.0 Å². The van der Waals surface area contributed by atoms with Gasteiger partial charge in [-0.25, -0.2) is 4.79 Å². The first-order valence-electron chi connectivity index (χ1n) is 7.08. The molecule has 1 aromatic heterocycles. The van der Waals surface area contributed by atoms with Crippen LogP contribution in [0.4, 0.5) is 4.79 Å². The standard InChI is InChI=1S/C15H14Cl2N2O4/c16-10-3-9(4-11(17)6-10)12-5-8(1-2-19(12)15(21)22)13-7-14(20)18-23-13/h3-4,6-8,12H,1-2,5H2,(H,18,20)(H,21,22)/t8-,12+/m0/s1. The number of carbonyl (C=O) groups is 1. The van der Waals surface area contributed by atoms with E-state index in [2.05, 4.69) is 5.16 Å². The number of aromatic nitrogens is 1. The molecule has 0 aliphatic carbocycles. The summed E-state index contributed by atoms with van der Waals surface area (Å²) < 4.78 is 5.18. The highest BCUT2D eigenvalue weighted by atomic mass is 35.5. The van der Waals surface area contributed by atoms with Crippen molar-refractivity contribution >= 4 is 29.3 Å². The predicted octanol–water partition coefficient (Wildman–Crippen LogP) is 3.87. The van der Waals surface area contributed by atoms with Crippen LogP contribution >= 0.6 is 23.2 Å². The minimum absolute atomic E-state index is 0.0488. The Morgan fingerprint density at radius 1 is 1.26 bits per heavy atom. The van der Waals surface area contributed by atoms with Crippen molar-refractivity contribution in [3.05, 3.63) is 56.0 Å². The molecule has 1 aromatic carbocycles. The summed E-state index contributed by atoms with van der Waals surface area (Å²) in [6, 6.07) is 6.03. The lowest BCUT2D eigenvalue weighted by molar-refractivity contribution is 0.0968. The molecule has 0 saturated carbocycles. The molecule has 0 unspecified atom stereocenters. The molecule has 2 atom stereocenters. The van der Waals surface area contributed by atoms with Crippen LogP contribution in [0, 0.1) is 0 Å². The van der Waals surface area contributed by atoms with E-state index in [1.54, 1.807) is 18.2 Å². The number of halogens is 2. The summed E-state index contributed by atoms with van der Waals surface area (Å²) in [6.45, 7) is 0.337. The molecule has 0 bridgehead atoms. The molecular formula is C15H14Cl2N2O4. The van der Waals surface area contributed by atoms with E-state index in [1.807, 2.05) is 0 Å². The summed E-state index contributed by atoms with van der Waals surface area (Å²) >= 11 is 12.1. The molecule has 1 aliphatic rings. The Bertz CT molecular complexity index is 766. The molecule has 6 nitrogen and oxygen atoms in total. The van der Waals surface area contributed by atoms with Crippen molar-refractivity contribution in [2.24, 2.45) is 0 Å². The van der Waals surface area contributed by atoms with Crippen LogP contribution in [0.3, 0.4) is 0 Å². The van der Waals surface area contributed by atoms with E-state index in [-0.39, 0.29) is 11.5 Å². The van der Waals surface area contributed by atoms with Crippen LogP contribution in [0.5, 0.6) is 0 Å². The van der Waals surface area contributed by atoms with Gasteiger partial charge in [0.1, 0.15) is 5.76 Å². The molecule has 8 heteroatoms. The Labute approximate surface area is 141 Å². The maximum Gasteiger partial charge on any atom is 0.407 e. The first-order valence-corrected chi connectivity index (χ1v) is 7.83. The van der Waals surface area contributed by atoms with Crippen LogP contribution in [0.1, 0.15) is 36.1 Å². The van der Waals surface area contributed by atoms with Gasteiger partial charge in [-0.3, -0.25) is 4.79 Å². The van der Waals surface area contributed by atoms with E-state index in [1.165, 1.54) is 11.0 Å². The average molecular weight is 357 g/mol. The van der Waals surface area contributed by atoms with Gasteiger partial charge < -0.3 is 14.5 Å². The number of benzene rings is 1. The van der Waals surface area contributed by atoms with Crippen molar-refractivity contribution in [2.75, 3.05) is 6.54 Å². The number of nitrogens with zero attached hydrogens (tertiary/aromatic N) is 1. The van der Waals surface area contributed by atoms with Gasteiger partial charge in [-0.15, -0.1) is 0 Å². The number of likely N-dealkylation sites (tertiary alicyclic amines) is 1. The van der Waals surface area contributed by atoms with Gasteiger partial charge in [0, 0.05) is 28.6 Å². The lowest BCUT2D eigenvalue weighted by Gasteiger charge is -2.37. The minimum atomic E-state index is -1.000. The molecule has 1 aliphatic heterocycles. The highest BCUT2D eigenvalue weighted by molar-refractivity contribution is 6.34. The Hall–Kier alpha value is -1.92. The third-order valence-corrected chi connectivity index (χ3v) is 4.50. The van der Waals surface area contributed by atoms with Gasteiger partial charge in [0.15, 0.2) is 0 Å². The summed E-state index contributed by atoms with van der Waals surface area (Å²) in [5.74, 6) is 0.491. The number of rotatable bonds is 2. The molecule has 0 spiro atoms. The van der Waals surface area contributed by atoms with E-state index in [0.717, 1.165) is 5.56 Å². The van der Waals surface area contributed by atoms with E-state index >= 15 is 0 Å². The molecule has 2 N–H and O–H groups in total. The van der Waals surface area contributed by atoms with E-state index in [0.29, 0.717) is 35.2 Å². The normalized spacial score (nSPS) is 21.4. The third kappa shape index (κ3) is 3.38. The van der Waals surface area contributed by atoms with Crippen LogP contribution in [-0.4, -0.2) is 27.8 Å². The first-order chi connectivity index (χ1) is 10.9. The molecule has 1 fully saturated rings. The zero-order valence-corrected chi connectivity index (χ0v) is 13.5. The van der Waals surface area contributed by atoms with Crippen molar-refractivity contribution in [1.82, 2.24) is 10.1 Å². The Morgan fingerprint density at radius 3 is 2.52 bits per heavy atom. The first kappa shape index (κ1) is 16.0. The molecule has 23 heavy (non-hydrogen) atoms. The monoisotopic (exact) mass is 356 g/mol. The fourth-order valence-corrected chi connectivity index (χ4v) is 3.58. The molecule has 1 saturated heterocycles. The van der Waals surface area contributed by atoms with Gasteiger partial charge in [-0.1, -0.05) is 23.2 Å². The van der Waals surface area contributed by atoms with Crippen molar-refractivity contribution in [1.29, 1.82) is 0 Å². The molecular weight excluding hydrogens is 343 g/mol. The lowest BCUT2D eigenvalue weighted by atomic mass is 9.86. The van der Waals surface area contributed by atoms with Gasteiger partial charge in [-0.2, -0.15) is 5.16 Å². The Kier molecular flexibility index (Phi) is 4.37. The van der Waals surface area contributed by atoms with Crippen molar-refractivity contribution in [3.63, 3.8) is 0 Å². The zero-order valence-electron chi connectivity index (χ0n) is 12.0. The van der Waals surface area contributed by atoms with Crippen LogP contribution in [0.15, 0.2) is 33.6 Å². The maximum absolute atomic E-state index is 11.5. The number of amides is 1.